The monoisotopic (exact) mass is 835 g/mol. The van der Waals surface area contributed by atoms with Gasteiger partial charge in [-0.3, -0.25) is 14.6 Å². The summed E-state index contributed by atoms with van der Waals surface area (Å²) in [5.41, 5.74) is 1.80. The summed E-state index contributed by atoms with van der Waals surface area (Å²) in [7, 11) is 0. The molecule has 5 atom stereocenters. The molecule has 324 valence electrons. The number of carbonyl (C=O) groups excluding carboxylic acids is 2. The molecule has 4 aromatic heterocycles. The summed E-state index contributed by atoms with van der Waals surface area (Å²) in [6, 6.07) is 3.52. The number of hydrogen-bond acceptors (Lipinski definition) is 15. The van der Waals surface area contributed by atoms with Crippen LogP contribution in [0.1, 0.15) is 65.7 Å². The van der Waals surface area contributed by atoms with Gasteiger partial charge in [0.1, 0.15) is 47.1 Å². The molecule has 18 heteroatoms. The molecule has 6 N–H and O–H groups in total. The van der Waals surface area contributed by atoms with Crippen LogP contribution in [0.15, 0.2) is 49.6 Å². The summed E-state index contributed by atoms with van der Waals surface area (Å²) in [6.07, 6.45) is 16.6. The molecule has 0 aliphatic carbocycles. The fourth-order valence-electron chi connectivity index (χ4n) is 8.90. The Bertz CT molecular complexity index is 2150. The van der Waals surface area contributed by atoms with E-state index in [0.717, 1.165) is 77.0 Å². The molecule has 2 amide bonds. The Kier molecular flexibility index (Phi) is 13.3. The first-order valence-electron chi connectivity index (χ1n) is 21.7. The standard InChI is InChI=1S/C43H58N14O4/c1-42(2)15-28(7-11-60-42)17-48-39-24-57(23-35(54-39)33-14-37(52-27-50-33)56-41(59)31-6-10-45-20-31)25-43(3)16-29(8-12-61-43)18-47-38-22-46-21-34(53-38)32-13-36(51-26-49-32)55-40(58)30-5-4-9-44-19-30/h13-14,21-24,26-31,44-45H,4-12,15-20,25H2,1-3H3,(H3-,47,48,49,50,51,52,53,54,55,56,58,59)/p+1. The molecule has 0 aromatic carbocycles. The molecule has 4 aliphatic heterocycles. The van der Waals surface area contributed by atoms with Crippen molar-refractivity contribution in [3.63, 3.8) is 0 Å². The van der Waals surface area contributed by atoms with Crippen molar-refractivity contribution >= 4 is 35.1 Å². The normalized spacial score (nSPS) is 25.0. The number of amides is 2. The second-order valence-electron chi connectivity index (χ2n) is 17.8. The molecule has 0 bridgehead atoms. The zero-order valence-electron chi connectivity index (χ0n) is 35.5. The highest BCUT2D eigenvalue weighted by molar-refractivity contribution is 5.93. The van der Waals surface area contributed by atoms with Crippen LogP contribution in [0, 0.1) is 23.7 Å². The SMILES string of the molecule is CC1(C)CC(CNc2c[n+](CC3(C)CC(CNc4cncc(-c5cc(NC(=O)C6CCCNC6)ncn5)n4)CCO3)cc(-c3cc(NC(=O)C4CCNC4)ncn3)n2)CCO1. The second kappa shape index (κ2) is 19.2. The third kappa shape index (κ3) is 11.5. The van der Waals surface area contributed by atoms with E-state index in [9.17, 15) is 9.59 Å². The average molecular weight is 836 g/mol. The third-order valence-corrected chi connectivity index (χ3v) is 12.1. The average Bonchev–Trinajstić information content (AvgIpc) is 3.81. The van der Waals surface area contributed by atoms with Crippen molar-refractivity contribution < 1.29 is 23.6 Å². The van der Waals surface area contributed by atoms with E-state index in [4.69, 9.17) is 19.4 Å². The molecular formula is C43H59N14O4+. The lowest BCUT2D eigenvalue weighted by Crippen LogP contribution is -2.51. The number of piperidine rings is 1. The Hall–Kier alpha value is -5.30. The van der Waals surface area contributed by atoms with Gasteiger partial charge < -0.3 is 41.4 Å². The smallest absolute Gasteiger partial charge is 0.229 e. The quantitative estimate of drug-likeness (QED) is 0.100. The molecule has 4 aromatic rings. The van der Waals surface area contributed by atoms with Gasteiger partial charge in [0, 0.05) is 51.5 Å². The van der Waals surface area contributed by atoms with Gasteiger partial charge in [0.05, 0.1) is 35.5 Å². The summed E-state index contributed by atoms with van der Waals surface area (Å²) in [6.45, 7) is 13.0. The maximum atomic E-state index is 12.9. The molecule has 0 radical (unpaired) electrons. The topological polar surface area (TPSA) is 219 Å². The van der Waals surface area contributed by atoms with E-state index in [1.54, 1.807) is 24.5 Å². The second-order valence-corrected chi connectivity index (χ2v) is 17.8. The van der Waals surface area contributed by atoms with Gasteiger partial charge in [0.15, 0.2) is 24.3 Å². The molecule has 8 rings (SSSR count). The molecule has 5 unspecified atom stereocenters. The van der Waals surface area contributed by atoms with Gasteiger partial charge in [-0.05, 0) is 90.6 Å². The molecule has 18 nitrogen and oxygen atoms in total. The lowest BCUT2D eigenvalue weighted by molar-refractivity contribution is -0.710. The summed E-state index contributed by atoms with van der Waals surface area (Å²) < 4.78 is 14.6. The summed E-state index contributed by atoms with van der Waals surface area (Å²) in [5.74, 6) is 2.75. The largest absolute Gasteiger partial charge is 0.376 e. The van der Waals surface area contributed by atoms with Crippen LogP contribution in [0.5, 0.6) is 0 Å². The Morgan fingerprint density at radius 2 is 1.34 bits per heavy atom. The van der Waals surface area contributed by atoms with Crippen LogP contribution in [0.25, 0.3) is 22.8 Å². The van der Waals surface area contributed by atoms with Crippen LogP contribution in [-0.2, 0) is 25.6 Å². The van der Waals surface area contributed by atoms with Crippen molar-refractivity contribution in [1.29, 1.82) is 0 Å². The summed E-state index contributed by atoms with van der Waals surface area (Å²) in [5, 5.41) is 19.6. The number of hydrogen-bond donors (Lipinski definition) is 6. The van der Waals surface area contributed by atoms with E-state index in [1.165, 1.54) is 12.7 Å². The summed E-state index contributed by atoms with van der Waals surface area (Å²) in [4.78, 5) is 57.7. The molecular weight excluding hydrogens is 777 g/mol. The zero-order chi connectivity index (χ0) is 42.2. The Morgan fingerprint density at radius 1 is 0.705 bits per heavy atom. The van der Waals surface area contributed by atoms with Crippen molar-refractivity contribution in [1.82, 2.24) is 45.5 Å². The minimum absolute atomic E-state index is 0.0460. The highest BCUT2D eigenvalue weighted by Gasteiger charge is 2.38. The van der Waals surface area contributed by atoms with E-state index < -0.39 is 5.60 Å². The van der Waals surface area contributed by atoms with Crippen LogP contribution in [0.4, 0.5) is 23.3 Å². The van der Waals surface area contributed by atoms with Crippen molar-refractivity contribution in [3.05, 3.63) is 49.6 Å². The van der Waals surface area contributed by atoms with Gasteiger partial charge in [0.25, 0.3) is 0 Å². The van der Waals surface area contributed by atoms with E-state index in [2.05, 4.69) is 82.2 Å². The predicted octanol–water partition coefficient (Wildman–Crippen LogP) is 3.47. The zero-order valence-corrected chi connectivity index (χ0v) is 35.5. The minimum atomic E-state index is -0.473. The number of rotatable bonds is 14. The Morgan fingerprint density at radius 3 is 2.02 bits per heavy atom. The fraction of sp³-hybridized carbons (Fsp3) is 0.581. The van der Waals surface area contributed by atoms with Gasteiger partial charge in [0.2, 0.25) is 18.0 Å². The van der Waals surface area contributed by atoms with Crippen LogP contribution in [0.3, 0.4) is 0 Å². The molecule has 8 heterocycles. The number of nitrogens with zero attached hydrogens (tertiary/aromatic N) is 8. The lowest BCUT2D eigenvalue weighted by Gasteiger charge is -2.36. The highest BCUT2D eigenvalue weighted by Crippen LogP contribution is 2.31. The van der Waals surface area contributed by atoms with Crippen LogP contribution in [0.2, 0.25) is 0 Å². The first-order valence-corrected chi connectivity index (χ1v) is 21.7. The molecule has 0 spiro atoms. The molecule has 4 saturated heterocycles. The van der Waals surface area contributed by atoms with Crippen LogP contribution in [-0.4, -0.2) is 110 Å². The third-order valence-electron chi connectivity index (χ3n) is 12.1. The number of aromatic nitrogens is 8. The van der Waals surface area contributed by atoms with Crippen LogP contribution >= 0.6 is 0 Å². The number of anilines is 4. The van der Waals surface area contributed by atoms with E-state index in [-0.39, 0.29) is 29.3 Å². The number of nitrogens with one attached hydrogen (secondary N) is 6. The predicted molar refractivity (Wildman–Crippen MR) is 229 cm³/mol. The number of carbonyl (C=O) groups is 2. The van der Waals surface area contributed by atoms with Gasteiger partial charge in [-0.2, -0.15) is 4.57 Å². The lowest BCUT2D eigenvalue weighted by atomic mass is 9.86. The summed E-state index contributed by atoms with van der Waals surface area (Å²) >= 11 is 0. The minimum Gasteiger partial charge on any atom is -0.376 e. The van der Waals surface area contributed by atoms with E-state index >= 15 is 0 Å². The van der Waals surface area contributed by atoms with Gasteiger partial charge in [-0.1, -0.05) is 0 Å². The van der Waals surface area contributed by atoms with E-state index in [1.807, 2.05) is 12.4 Å². The molecule has 0 saturated carbocycles. The van der Waals surface area contributed by atoms with Crippen molar-refractivity contribution in [2.75, 3.05) is 73.7 Å². The first-order chi connectivity index (χ1) is 29.5. The Balaban J connectivity index is 0.936. The Labute approximate surface area is 356 Å². The fourth-order valence-corrected chi connectivity index (χ4v) is 8.90. The van der Waals surface area contributed by atoms with Crippen molar-refractivity contribution in [2.24, 2.45) is 23.7 Å². The van der Waals surface area contributed by atoms with Gasteiger partial charge in [-0.25, -0.2) is 29.9 Å². The van der Waals surface area contributed by atoms with Crippen molar-refractivity contribution in [2.45, 2.75) is 83.5 Å². The van der Waals surface area contributed by atoms with Gasteiger partial charge >= 0.3 is 0 Å². The number of ether oxygens (including phenoxy) is 2. The highest BCUT2D eigenvalue weighted by atomic mass is 16.5. The molecule has 4 fully saturated rings. The first kappa shape index (κ1) is 42.4. The van der Waals surface area contributed by atoms with Crippen LogP contribution < -0.4 is 36.5 Å². The molecule has 61 heavy (non-hydrogen) atoms. The molecule has 4 aliphatic rings. The van der Waals surface area contributed by atoms with Gasteiger partial charge in [-0.15, -0.1) is 0 Å². The van der Waals surface area contributed by atoms with Crippen molar-refractivity contribution in [3.8, 4) is 22.8 Å². The maximum Gasteiger partial charge on any atom is 0.229 e. The van der Waals surface area contributed by atoms with E-state index in [0.29, 0.717) is 84.9 Å². The maximum absolute atomic E-state index is 12.9.